The van der Waals surface area contributed by atoms with Gasteiger partial charge in [-0.1, -0.05) is 12.1 Å². The van der Waals surface area contributed by atoms with E-state index in [0.29, 0.717) is 6.42 Å². The van der Waals surface area contributed by atoms with E-state index < -0.39 is 0 Å². The minimum atomic E-state index is -0.214. The van der Waals surface area contributed by atoms with Crippen molar-refractivity contribution in [3.05, 3.63) is 71.2 Å². The maximum Gasteiger partial charge on any atom is 0.133 e. The van der Waals surface area contributed by atoms with Gasteiger partial charge in [0.05, 0.1) is 18.5 Å². The van der Waals surface area contributed by atoms with Crippen molar-refractivity contribution in [2.75, 3.05) is 19.0 Å². The quantitative estimate of drug-likeness (QED) is 0.798. The van der Waals surface area contributed by atoms with Crippen molar-refractivity contribution in [2.45, 2.75) is 12.8 Å². The highest BCUT2D eigenvalue weighted by Crippen LogP contribution is 2.30. The third kappa shape index (κ3) is 2.62. The number of hydrogen-bond acceptors (Lipinski definition) is 3. The predicted molar refractivity (Wildman–Crippen MR) is 91.5 cm³/mol. The lowest BCUT2D eigenvalue weighted by Crippen LogP contribution is -2.05. The molecule has 0 unspecified atom stereocenters. The van der Waals surface area contributed by atoms with Crippen molar-refractivity contribution in [3.63, 3.8) is 0 Å². The Kier molecular flexibility index (Phi) is 3.69. The van der Waals surface area contributed by atoms with Gasteiger partial charge in [0.1, 0.15) is 17.4 Å². The summed E-state index contributed by atoms with van der Waals surface area (Å²) in [7, 11) is 1.66. The molecular formula is C19H18FN3O. The van der Waals surface area contributed by atoms with E-state index in [9.17, 15) is 4.39 Å². The molecule has 5 heteroatoms. The van der Waals surface area contributed by atoms with Crippen molar-refractivity contribution in [2.24, 2.45) is 0 Å². The number of ether oxygens (including phenoxy) is 1. The van der Waals surface area contributed by atoms with E-state index in [4.69, 9.17) is 9.84 Å². The molecule has 0 spiro atoms. The minimum absolute atomic E-state index is 0.214. The zero-order valence-corrected chi connectivity index (χ0v) is 13.4. The predicted octanol–water partition coefficient (Wildman–Crippen LogP) is 3.58. The van der Waals surface area contributed by atoms with Crippen LogP contribution in [-0.2, 0) is 12.8 Å². The zero-order valence-electron chi connectivity index (χ0n) is 13.4. The number of halogens is 1. The van der Waals surface area contributed by atoms with Crippen LogP contribution in [0.2, 0.25) is 0 Å². The number of hydrogen-bond donors (Lipinski definition) is 1. The van der Waals surface area contributed by atoms with Crippen LogP contribution in [0.3, 0.4) is 0 Å². The van der Waals surface area contributed by atoms with Gasteiger partial charge in [-0.15, -0.1) is 0 Å². The number of methoxy groups -OCH3 is 1. The van der Waals surface area contributed by atoms with Gasteiger partial charge in [-0.3, -0.25) is 0 Å². The number of nitrogens with one attached hydrogen (secondary N) is 1. The smallest absolute Gasteiger partial charge is 0.133 e. The molecule has 0 fully saturated rings. The Morgan fingerprint density at radius 3 is 2.58 bits per heavy atom. The third-order valence-corrected chi connectivity index (χ3v) is 4.34. The maximum absolute atomic E-state index is 13.1. The van der Waals surface area contributed by atoms with Crippen molar-refractivity contribution in [3.8, 4) is 11.4 Å². The number of fused-ring (bicyclic) bond motifs is 1. The van der Waals surface area contributed by atoms with E-state index in [0.717, 1.165) is 41.5 Å². The molecule has 0 saturated carbocycles. The first-order valence-corrected chi connectivity index (χ1v) is 7.98. The molecule has 0 atom stereocenters. The molecular weight excluding hydrogens is 305 g/mol. The molecule has 1 N–H and O–H groups in total. The summed E-state index contributed by atoms with van der Waals surface area (Å²) in [6, 6.07) is 14.5. The molecule has 122 valence electrons. The van der Waals surface area contributed by atoms with Gasteiger partial charge in [0.2, 0.25) is 0 Å². The molecule has 2 aromatic carbocycles. The van der Waals surface area contributed by atoms with E-state index in [1.165, 1.54) is 17.7 Å². The lowest BCUT2D eigenvalue weighted by Gasteiger charge is -2.07. The number of rotatable bonds is 4. The minimum Gasteiger partial charge on any atom is -0.497 e. The van der Waals surface area contributed by atoms with E-state index >= 15 is 0 Å². The lowest BCUT2D eigenvalue weighted by atomic mass is 10.1. The van der Waals surface area contributed by atoms with Crippen molar-refractivity contribution in [1.82, 2.24) is 9.78 Å². The fourth-order valence-corrected chi connectivity index (χ4v) is 3.09. The first-order valence-electron chi connectivity index (χ1n) is 7.98. The normalized spacial score (nSPS) is 12.8. The Labute approximate surface area is 139 Å². The standard InChI is InChI=1S/C19H18FN3O/c1-24-16-8-6-15(7-9-16)23-19-17(10-11-21-19)18(22-23)12-13-2-4-14(20)5-3-13/h2-9,21H,10-12H2,1H3. The summed E-state index contributed by atoms with van der Waals surface area (Å²) >= 11 is 0. The molecule has 0 bridgehead atoms. The van der Waals surface area contributed by atoms with Gasteiger partial charge >= 0.3 is 0 Å². The Morgan fingerprint density at radius 1 is 1.12 bits per heavy atom. The Bertz CT molecular complexity index is 854. The highest BCUT2D eigenvalue weighted by Gasteiger charge is 2.23. The first-order chi connectivity index (χ1) is 11.7. The average molecular weight is 323 g/mol. The molecule has 24 heavy (non-hydrogen) atoms. The molecule has 4 rings (SSSR count). The molecule has 1 aliphatic heterocycles. The second-order valence-corrected chi connectivity index (χ2v) is 5.86. The van der Waals surface area contributed by atoms with Gasteiger partial charge in [-0.2, -0.15) is 5.10 Å². The third-order valence-electron chi connectivity index (χ3n) is 4.34. The van der Waals surface area contributed by atoms with Gasteiger partial charge < -0.3 is 10.1 Å². The SMILES string of the molecule is COc1ccc(-n2nc(Cc3ccc(F)cc3)c3c2NCC3)cc1. The summed E-state index contributed by atoms with van der Waals surface area (Å²) in [5.41, 5.74) is 4.34. The number of benzene rings is 2. The fraction of sp³-hybridized carbons (Fsp3) is 0.211. The van der Waals surface area contributed by atoms with Gasteiger partial charge in [0, 0.05) is 18.5 Å². The van der Waals surface area contributed by atoms with Gasteiger partial charge in [0.25, 0.3) is 0 Å². The van der Waals surface area contributed by atoms with Crippen LogP contribution >= 0.6 is 0 Å². The van der Waals surface area contributed by atoms with Crippen LogP contribution < -0.4 is 10.1 Å². The summed E-state index contributed by atoms with van der Waals surface area (Å²) in [6.07, 6.45) is 1.66. The highest BCUT2D eigenvalue weighted by atomic mass is 19.1. The van der Waals surface area contributed by atoms with Crippen molar-refractivity contribution >= 4 is 5.82 Å². The maximum atomic E-state index is 13.1. The van der Waals surface area contributed by atoms with Crippen LogP contribution in [0.25, 0.3) is 5.69 Å². The Morgan fingerprint density at radius 2 is 1.88 bits per heavy atom. The topological polar surface area (TPSA) is 39.1 Å². The highest BCUT2D eigenvalue weighted by molar-refractivity contribution is 5.58. The first kappa shape index (κ1) is 14.8. The molecule has 3 aromatic rings. The summed E-state index contributed by atoms with van der Waals surface area (Å²) in [4.78, 5) is 0. The summed E-state index contributed by atoms with van der Waals surface area (Å²) in [5, 5.41) is 8.22. The van der Waals surface area contributed by atoms with Gasteiger partial charge in [-0.25, -0.2) is 9.07 Å². The molecule has 0 radical (unpaired) electrons. The van der Waals surface area contributed by atoms with Gasteiger partial charge in [0.15, 0.2) is 0 Å². The lowest BCUT2D eigenvalue weighted by molar-refractivity contribution is 0.414. The molecule has 0 saturated heterocycles. The molecule has 1 aromatic heterocycles. The Hall–Kier alpha value is -2.82. The van der Waals surface area contributed by atoms with E-state index in [1.54, 1.807) is 7.11 Å². The fourth-order valence-electron chi connectivity index (χ4n) is 3.09. The van der Waals surface area contributed by atoms with Gasteiger partial charge in [-0.05, 0) is 48.4 Å². The number of aromatic nitrogens is 2. The Balaban J connectivity index is 1.70. The zero-order chi connectivity index (χ0) is 16.5. The summed E-state index contributed by atoms with van der Waals surface area (Å²) in [6.45, 7) is 0.916. The summed E-state index contributed by atoms with van der Waals surface area (Å²) < 4.78 is 20.3. The van der Waals surface area contributed by atoms with Crippen LogP contribution in [0.1, 0.15) is 16.8 Å². The second kappa shape index (κ2) is 6.00. The molecule has 1 aliphatic rings. The molecule has 4 nitrogen and oxygen atoms in total. The number of nitrogens with zero attached hydrogens (tertiary/aromatic N) is 2. The molecule has 0 aliphatic carbocycles. The van der Waals surface area contributed by atoms with Crippen molar-refractivity contribution < 1.29 is 9.13 Å². The number of anilines is 1. The van der Waals surface area contributed by atoms with Crippen LogP contribution in [0, 0.1) is 5.82 Å². The average Bonchev–Trinajstić information content (AvgIpc) is 3.21. The van der Waals surface area contributed by atoms with Crippen LogP contribution in [-0.4, -0.2) is 23.4 Å². The van der Waals surface area contributed by atoms with Crippen LogP contribution in [0.15, 0.2) is 48.5 Å². The molecule has 2 heterocycles. The van der Waals surface area contributed by atoms with Crippen molar-refractivity contribution in [1.29, 1.82) is 0 Å². The van der Waals surface area contributed by atoms with Crippen LogP contribution in [0.5, 0.6) is 5.75 Å². The van der Waals surface area contributed by atoms with E-state index in [-0.39, 0.29) is 5.82 Å². The molecule has 0 amide bonds. The van der Waals surface area contributed by atoms with E-state index in [2.05, 4.69) is 5.32 Å². The van der Waals surface area contributed by atoms with E-state index in [1.807, 2.05) is 41.1 Å². The second-order valence-electron chi connectivity index (χ2n) is 5.86. The monoisotopic (exact) mass is 323 g/mol. The largest absolute Gasteiger partial charge is 0.497 e. The van der Waals surface area contributed by atoms with Crippen LogP contribution in [0.4, 0.5) is 10.2 Å². The summed E-state index contributed by atoms with van der Waals surface area (Å²) in [5.74, 6) is 1.66.